The second-order valence-electron chi connectivity index (χ2n) is 5.42. The van der Waals surface area contributed by atoms with Gasteiger partial charge < -0.3 is 5.32 Å². The minimum atomic E-state index is -0.402. The van der Waals surface area contributed by atoms with Crippen molar-refractivity contribution >= 4 is 17.7 Å². The zero-order valence-electron chi connectivity index (χ0n) is 13.7. The molecule has 0 aliphatic rings. The van der Waals surface area contributed by atoms with Crippen molar-refractivity contribution in [2.45, 2.75) is 50.2 Å². The molecule has 1 heterocycles. The fourth-order valence-corrected chi connectivity index (χ4v) is 2.96. The number of benzene rings is 1. The monoisotopic (exact) mass is 352 g/mol. The molecule has 8 heteroatoms. The van der Waals surface area contributed by atoms with E-state index < -0.39 is 5.25 Å². The summed E-state index contributed by atoms with van der Waals surface area (Å²) in [4.78, 5) is 23.9. The maximum Gasteiger partial charge on any atom is 0.343 e. The second kappa shape index (κ2) is 8.68. The number of carbonyl (C=O) groups is 1. The highest BCUT2D eigenvalue weighted by molar-refractivity contribution is 8.00. The van der Waals surface area contributed by atoms with Crippen LogP contribution in [0.15, 0.2) is 34.2 Å². The summed E-state index contributed by atoms with van der Waals surface area (Å²) in [5.74, 6) is -0.473. The molecule has 1 atom stereocenters. The Kier molecular flexibility index (Phi) is 6.60. The van der Waals surface area contributed by atoms with E-state index in [1.807, 2.05) is 6.92 Å². The summed E-state index contributed by atoms with van der Waals surface area (Å²) in [6.45, 7) is 4.71. The number of halogens is 1. The molecule has 130 valence electrons. The van der Waals surface area contributed by atoms with E-state index in [0.29, 0.717) is 18.2 Å². The average Bonchev–Trinajstić information content (AvgIpc) is 2.92. The van der Waals surface area contributed by atoms with Gasteiger partial charge in [0.2, 0.25) is 5.91 Å². The van der Waals surface area contributed by atoms with E-state index in [2.05, 4.69) is 15.5 Å². The van der Waals surface area contributed by atoms with Gasteiger partial charge in [0.15, 0.2) is 5.16 Å². The molecule has 0 aliphatic carbocycles. The number of rotatable bonds is 8. The number of amides is 1. The summed E-state index contributed by atoms with van der Waals surface area (Å²) < 4.78 is 14.4. The number of hydrogen-bond donors (Lipinski definition) is 2. The molecule has 0 bridgehead atoms. The largest absolute Gasteiger partial charge is 0.351 e. The van der Waals surface area contributed by atoms with Crippen LogP contribution in [0.3, 0.4) is 0 Å². The number of aromatic nitrogens is 3. The summed E-state index contributed by atoms with van der Waals surface area (Å²) in [6, 6.07) is 5.97. The lowest BCUT2D eigenvalue weighted by Gasteiger charge is -2.12. The molecule has 0 fully saturated rings. The number of unbranched alkanes of at least 4 members (excludes halogenated alkanes) is 1. The van der Waals surface area contributed by atoms with Crippen LogP contribution in [-0.4, -0.2) is 25.9 Å². The van der Waals surface area contributed by atoms with Crippen LogP contribution in [-0.2, 0) is 17.9 Å². The SMILES string of the molecule is CCCCn1c(S[C@@H](C)C(=O)NCc2ccc(F)cc2)n[nH]c1=O. The maximum atomic E-state index is 12.9. The van der Waals surface area contributed by atoms with Crippen LogP contribution in [0.4, 0.5) is 4.39 Å². The van der Waals surface area contributed by atoms with Gasteiger partial charge in [-0.2, -0.15) is 0 Å². The quantitative estimate of drug-likeness (QED) is 0.715. The van der Waals surface area contributed by atoms with Crippen molar-refractivity contribution in [2.75, 3.05) is 0 Å². The fraction of sp³-hybridized carbons (Fsp3) is 0.438. The first-order valence-corrected chi connectivity index (χ1v) is 8.73. The molecule has 0 unspecified atom stereocenters. The van der Waals surface area contributed by atoms with E-state index in [9.17, 15) is 14.0 Å². The molecule has 0 saturated heterocycles. The second-order valence-corrected chi connectivity index (χ2v) is 6.73. The van der Waals surface area contributed by atoms with E-state index >= 15 is 0 Å². The maximum absolute atomic E-state index is 12.9. The van der Waals surface area contributed by atoms with Crippen molar-refractivity contribution < 1.29 is 9.18 Å². The van der Waals surface area contributed by atoms with Crippen LogP contribution in [0.1, 0.15) is 32.3 Å². The first-order chi connectivity index (χ1) is 11.5. The molecule has 2 N–H and O–H groups in total. The Balaban J connectivity index is 1.91. The average molecular weight is 352 g/mol. The molecule has 2 aromatic rings. The van der Waals surface area contributed by atoms with Crippen LogP contribution in [0.25, 0.3) is 0 Å². The molecule has 1 aromatic carbocycles. The Morgan fingerprint density at radius 3 is 2.79 bits per heavy atom. The zero-order valence-corrected chi connectivity index (χ0v) is 14.5. The summed E-state index contributed by atoms with van der Waals surface area (Å²) >= 11 is 1.24. The van der Waals surface area contributed by atoms with Gasteiger partial charge in [-0.25, -0.2) is 14.3 Å². The van der Waals surface area contributed by atoms with E-state index in [-0.39, 0.29) is 17.4 Å². The van der Waals surface area contributed by atoms with Crippen molar-refractivity contribution in [3.63, 3.8) is 0 Å². The lowest BCUT2D eigenvalue weighted by atomic mass is 10.2. The molecule has 0 saturated carbocycles. The normalized spacial score (nSPS) is 12.1. The highest BCUT2D eigenvalue weighted by Crippen LogP contribution is 2.20. The predicted molar refractivity (Wildman–Crippen MR) is 91.3 cm³/mol. The van der Waals surface area contributed by atoms with E-state index in [0.717, 1.165) is 18.4 Å². The summed E-state index contributed by atoms with van der Waals surface area (Å²) in [5.41, 5.74) is 0.562. The van der Waals surface area contributed by atoms with Crippen molar-refractivity contribution in [3.05, 3.63) is 46.1 Å². The molecule has 24 heavy (non-hydrogen) atoms. The number of carbonyl (C=O) groups excluding carboxylic acids is 1. The van der Waals surface area contributed by atoms with Crippen molar-refractivity contribution in [1.29, 1.82) is 0 Å². The van der Waals surface area contributed by atoms with E-state index in [4.69, 9.17) is 0 Å². The van der Waals surface area contributed by atoms with Crippen LogP contribution in [0.5, 0.6) is 0 Å². The third-order valence-electron chi connectivity index (χ3n) is 3.49. The first-order valence-electron chi connectivity index (χ1n) is 7.85. The molecule has 0 spiro atoms. The van der Waals surface area contributed by atoms with Gasteiger partial charge in [0.1, 0.15) is 5.82 Å². The number of nitrogens with zero attached hydrogens (tertiary/aromatic N) is 2. The van der Waals surface area contributed by atoms with Gasteiger partial charge in [0, 0.05) is 13.1 Å². The van der Waals surface area contributed by atoms with Crippen LogP contribution < -0.4 is 11.0 Å². The van der Waals surface area contributed by atoms with Crippen molar-refractivity contribution in [2.24, 2.45) is 0 Å². The molecule has 1 amide bonds. The topological polar surface area (TPSA) is 79.8 Å². The Hall–Kier alpha value is -2.09. The van der Waals surface area contributed by atoms with Gasteiger partial charge in [-0.05, 0) is 31.0 Å². The van der Waals surface area contributed by atoms with E-state index in [1.54, 1.807) is 23.6 Å². The summed E-state index contributed by atoms with van der Waals surface area (Å²) in [7, 11) is 0. The molecular weight excluding hydrogens is 331 g/mol. The van der Waals surface area contributed by atoms with Gasteiger partial charge in [0.25, 0.3) is 0 Å². The smallest absolute Gasteiger partial charge is 0.343 e. The third kappa shape index (κ3) is 4.95. The van der Waals surface area contributed by atoms with Crippen LogP contribution >= 0.6 is 11.8 Å². The predicted octanol–water partition coefficient (Wildman–Crippen LogP) is 2.31. The molecule has 2 rings (SSSR count). The Morgan fingerprint density at radius 2 is 2.12 bits per heavy atom. The lowest BCUT2D eigenvalue weighted by molar-refractivity contribution is -0.120. The van der Waals surface area contributed by atoms with Gasteiger partial charge in [-0.15, -0.1) is 5.10 Å². The number of nitrogens with one attached hydrogen (secondary N) is 2. The number of H-pyrrole nitrogens is 1. The Labute approximate surface area is 143 Å². The molecule has 0 aliphatic heterocycles. The summed E-state index contributed by atoms with van der Waals surface area (Å²) in [6.07, 6.45) is 1.84. The zero-order chi connectivity index (χ0) is 17.5. The molecule has 0 radical (unpaired) electrons. The van der Waals surface area contributed by atoms with Crippen LogP contribution in [0.2, 0.25) is 0 Å². The minimum absolute atomic E-state index is 0.165. The highest BCUT2D eigenvalue weighted by Gasteiger charge is 2.18. The summed E-state index contributed by atoms with van der Waals surface area (Å²) in [5, 5.41) is 9.32. The number of thioether (sulfide) groups is 1. The van der Waals surface area contributed by atoms with Crippen molar-refractivity contribution in [3.8, 4) is 0 Å². The Bertz CT molecular complexity index is 726. The van der Waals surface area contributed by atoms with E-state index in [1.165, 1.54) is 23.9 Å². The lowest BCUT2D eigenvalue weighted by Crippen LogP contribution is -2.30. The van der Waals surface area contributed by atoms with Gasteiger partial charge in [-0.3, -0.25) is 9.36 Å². The van der Waals surface area contributed by atoms with Gasteiger partial charge in [0.05, 0.1) is 5.25 Å². The standard InChI is InChI=1S/C16H21FN4O2S/c1-3-4-9-21-15(23)19-20-16(21)24-11(2)14(22)18-10-12-5-7-13(17)8-6-12/h5-8,11H,3-4,9-10H2,1-2H3,(H,18,22)(H,19,23)/t11-/m0/s1. The Morgan fingerprint density at radius 1 is 1.42 bits per heavy atom. The molecular formula is C16H21FN4O2S. The van der Waals surface area contributed by atoms with Gasteiger partial charge >= 0.3 is 5.69 Å². The minimum Gasteiger partial charge on any atom is -0.351 e. The third-order valence-corrected chi connectivity index (χ3v) is 4.58. The number of aromatic amines is 1. The van der Waals surface area contributed by atoms with Gasteiger partial charge in [-0.1, -0.05) is 37.2 Å². The fourth-order valence-electron chi connectivity index (χ4n) is 2.05. The first kappa shape index (κ1) is 18.3. The van der Waals surface area contributed by atoms with Crippen LogP contribution in [0, 0.1) is 5.82 Å². The number of hydrogen-bond acceptors (Lipinski definition) is 4. The molecule has 6 nitrogen and oxygen atoms in total. The molecule has 1 aromatic heterocycles. The highest BCUT2D eigenvalue weighted by atomic mass is 32.2. The van der Waals surface area contributed by atoms with Crippen molar-refractivity contribution in [1.82, 2.24) is 20.1 Å².